The van der Waals surface area contributed by atoms with Crippen LogP contribution in [-0.2, 0) is 6.42 Å². The fourth-order valence-electron chi connectivity index (χ4n) is 4.67. The lowest BCUT2D eigenvalue weighted by Crippen LogP contribution is -2.12. The molecule has 0 spiro atoms. The van der Waals surface area contributed by atoms with Gasteiger partial charge in [-0.1, -0.05) is 72.1 Å². The van der Waals surface area contributed by atoms with Crippen LogP contribution in [0, 0.1) is 5.92 Å². The summed E-state index contributed by atoms with van der Waals surface area (Å²) in [7, 11) is 0. The van der Waals surface area contributed by atoms with Crippen LogP contribution in [0.15, 0.2) is 60.9 Å². The Labute approximate surface area is 241 Å². The van der Waals surface area contributed by atoms with Crippen molar-refractivity contribution in [2.45, 2.75) is 111 Å². The Bertz CT molecular complexity index is 1110. The molecule has 2 aromatic carbocycles. The zero-order valence-corrected chi connectivity index (χ0v) is 25.0. The van der Waals surface area contributed by atoms with Crippen molar-refractivity contribution in [2.75, 3.05) is 0 Å². The molecule has 0 fully saturated rings. The van der Waals surface area contributed by atoms with Gasteiger partial charge in [-0.25, -0.2) is 14.8 Å². The maximum atomic E-state index is 12.6. The molecule has 0 N–H and O–H groups in total. The average molecular weight is 545 g/mol. The van der Waals surface area contributed by atoms with E-state index in [1.165, 1.54) is 69.8 Å². The average Bonchev–Trinajstić information content (AvgIpc) is 2.98. The van der Waals surface area contributed by atoms with Crippen molar-refractivity contribution in [3.63, 3.8) is 0 Å². The van der Waals surface area contributed by atoms with Crippen molar-refractivity contribution in [2.24, 2.45) is 5.92 Å². The van der Waals surface area contributed by atoms with Crippen LogP contribution >= 0.6 is 0 Å². The smallest absolute Gasteiger partial charge is 0.343 e. The molecule has 5 heteroatoms. The molecule has 1 heterocycles. The van der Waals surface area contributed by atoms with Gasteiger partial charge in [0.2, 0.25) is 0 Å². The van der Waals surface area contributed by atoms with Crippen LogP contribution in [0.3, 0.4) is 0 Å². The van der Waals surface area contributed by atoms with Crippen molar-refractivity contribution in [1.29, 1.82) is 0 Å². The predicted octanol–water partition coefficient (Wildman–Crippen LogP) is 9.64. The predicted molar refractivity (Wildman–Crippen MR) is 164 cm³/mol. The zero-order chi connectivity index (χ0) is 28.6. The van der Waals surface area contributed by atoms with E-state index in [1.807, 2.05) is 36.7 Å². The number of carbonyl (C=O) groups excluding carboxylic acids is 1. The minimum absolute atomic E-state index is 0.155. The summed E-state index contributed by atoms with van der Waals surface area (Å²) in [5, 5.41) is 0. The number of esters is 1. The van der Waals surface area contributed by atoms with E-state index < -0.39 is 5.97 Å². The first-order chi connectivity index (χ1) is 19.5. The topological polar surface area (TPSA) is 61.3 Å². The summed E-state index contributed by atoms with van der Waals surface area (Å²) >= 11 is 0. The van der Waals surface area contributed by atoms with Gasteiger partial charge in [0.1, 0.15) is 11.5 Å². The minimum Gasteiger partial charge on any atom is -0.491 e. The number of ether oxygens (including phenoxy) is 2. The van der Waals surface area contributed by atoms with Gasteiger partial charge < -0.3 is 9.47 Å². The monoisotopic (exact) mass is 544 g/mol. The molecule has 0 aliphatic carbocycles. The largest absolute Gasteiger partial charge is 0.491 e. The summed E-state index contributed by atoms with van der Waals surface area (Å²) in [6.07, 6.45) is 18.7. The number of rotatable bonds is 18. The number of carbonyl (C=O) groups is 1. The van der Waals surface area contributed by atoms with E-state index in [1.54, 1.807) is 24.3 Å². The van der Waals surface area contributed by atoms with Crippen LogP contribution in [-0.4, -0.2) is 22.0 Å². The zero-order valence-electron chi connectivity index (χ0n) is 25.0. The van der Waals surface area contributed by atoms with E-state index in [2.05, 4.69) is 37.7 Å². The highest BCUT2D eigenvalue weighted by Gasteiger charge is 2.11. The molecule has 2 atom stereocenters. The Morgan fingerprint density at radius 3 is 2.05 bits per heavy atom. The number of nitrogens with zero attached hydrogens (tertiary/aromatic N) is 2. The molecule has 0 saturated carbocycles. The van der Waals surface area contributed by atoms with Crippen molar-refractivity contribution in [1.82, 2.24) is 9.97 Å². The molecule has 40 heavy (non-hydrogen) atoms. The van der Waals surface area contributed by atoms with Crippen molar-refractivity contribution < 1.29 is 14.3 Å². The van der Waals surface area contributed by atoms with Crippen LogP contribution < -0.4 is 9.47 Å². The number of unbranched alkanes of at least 4 members (excludes halogenated alkanes) is 6. The van der Waals surface area contributed by atoms with E-state index >= 15 is 0 Å². The summed E-state index contributed by atoms with van der Waals surface area (Å²) in [6.45, 7) is 8.92. The Kier molecular flexibility index (Phi) is 13.7. The second-order valence-corrected chi connectivity index (χ2v) is 11.1. The molecule has 0 amide bonds. The molecule has 216 valence electrons. The summed E-state index contributed by atoms with van der Waals surface area (Å²) in [6, 6.07) is 14.5. The van der Waals surface area contributed by atoms with Gasteiger partial charge in [-0.05, 0) is 92.6 Å². The molecule has 3 rings (SSSR count). The molecule has 0 aliphatic heterocycles. The van der Waals surface area contributed by atoms with E-state index in [0.717, 1.165) is 30.1 Å². The quantitative estimate of drug-likeness (QED) is 0.0906. The van der Waals surface area contributed by atoms with Gasteiger partial charge >= 0.3 is 5.97 Å². The SMILES string of the molecule is CCCCCCC(C)Oc1ccc(C(=O)Oc2ccc(-c3ncc(CCCCCCC(C)CC)cn3)cc2)cc1. The lowest BCUT2D eigenvalue weighted by atomic mass is 10.00. The lowest BCUT2D eigenvalue weighted by molar-refractivity contribution is 0.0734. The molecule has 0 radical (unpaired) electrons. The minimum atomic E-state index is -0.396. The van der Waals surface area contributed by atoms with Gasteiger partial charge in [-0.15, -0.1) is 0 Å². The second-order valence-electron chi connectivity index (χ2n) is 11.1. The summed E-state index contributed by atoms with van der Waals surface area (Å²) in [4.78, 5) is 21.8. The van der Waals surface area contributed by atoms with Crippen LogP contribution in [0.5, 0.6) is 11.5 Å². The second kappa shape index (κ2) is 17.5. The third kappa shape index (κ3) is 11.1. The molecule has 5 nitrogen and oxygen atoms in total. The van der Waals surface area contributed by atoms with Gasteiger partial charge in [0.25, 0.3) is 0 Å². The van der Waals surface area contributed by atoms with Gasteiger partial charge in [-0.3, -0.25) is 0 Å². The van der Waals surface area contributed by atoms with Crippen molar-refractivity contribution in [3.8, 4) is 22.9 Å². The van der Waals surface area contributed by atoms with Crippen molar-refractivity contribution >= 4 is 5.97 Å². The summed E-state index contributed by atoms with van der Waals surface area (Å²) in [5.41, 5.74) is 2.55. The molecular formula is C35H48N2O3. The Morgan fingerprint density at radius 1 is 0.750 bits per heavy atom. The number of aromatic nitrogens is 2. The fourth-order valence-corrected chi connectivity index (χ4v) is 4.67. The Morgan fingerprint density at radius 2 is 1.38 bits per heavy atom. The Balaban J connectivity index is 1.42. The molecule has 0 bridgehead atoms. The maximum absolute atomic E-state index is 12.6. The first kappa shape index (κ1) is 31.3. The van der Waals surface area contributed by atoms with Gasteiger partial charge in [-0.2, -0.15) is 0 Å². The van der Waals surface area contributed by atoms with E-state index in [0.29, 0.717) is 17.1 Å². The molecule has 3 aromatic rings. The molecule has 1 aromatic heterocycles. The fraction of sp³-hybridized carbons (Fsp3) is 0.514. The number of hydrogen-bond donors (Lipinski definition) is 0. The molecule has 0 aliphatic rings. The number of benzene rings is 2. The van der Waals surface area contributed by atoms with Crippen LogP contribution in [0.1, 0.15) is 114 Å². The highest BCUT2D eigenvalue weighted by molar-refractivity contribution is 5.91. The third-order valence-corrected chi connectivity index (χ3v) is 7.53. The normalized spacial score (nSPS) is 12.6. The molecule has 2 unspecified atom stereocenters. The van der Waals surface area contributed by atoms with E-state index in [9.17, 15) is 4.79 Å². The van der Waals surface area contributed by atoms with Crippen LogP contribution in [0.2, 0.25) is 0 Å². The summed E-state index contributed by atoms with van der Waals surface area (Å²) in [5.74, 6) is 2.38. The highest BCUT2D eigenvalue weighted by atomic mass is 16.5. The molecular weight excluding hydrogens is 496 g/mol. The van der Waals surface area contributed by atoms with E-state index in [-0.39, 0.29) is 6.10 Å². The number of hydrogen-bond acceptors (Lipinski definition) is 5. The number of aryl methyl sites for hydroxylation is 1. The highest BCUT2D eigenvalue weighted by Crippen LogP contribution is 2.22. The Hall–Kier alpha value is -3.21. The van der Waals surface area contributed by atoms with E-state index in [4.69, 9.17) is 9.47 Å². The van der Waals surface area contributed by atoms with Gasteiger partial charge in [0.15, 0.2) is 5.82 Å². The standard InChI is InChI=1S/C35H48N2O3/c1-5-7-8-12-15-28(4)39-32-23-19-31(20-24-32)35(38)40-33-21-17-30(18-22-33)34-36-25-29(26-37-34)16-13-10-9-11-14-27(3)6-2/h17-28H,5-16H2,1-4H3. The van der Waals surface area contributed by atoms with Crippen LogP contribution in [0.4, 0.5) is 0 Å². The van der Waals surface area contributed by atoms with Gasteiger partial charge in [0, 0.05) is 18.0 Å². The first-order valence-corrected chi connectivity index (χ1v) is 15.4. The third-order valence-electron chi connectivity index (χ3n) is 7.53. The van der Waals surface area contributed by atoms with Crippen molar-refractivity contribution in [3.05, 3.63) is 72.1 Å². The molecule has 0 saturated heterocycles. The van der Waals surface area contributed by atoms with Gasteiger partial charge in [0.05, 0.1) is 11.7 Å². The van der Waals surface area contributed by atoms with Crippen LogP contribution in [0.25, 0.3) is 11.4 Å². The lowest BCUT2D eigenvalue weighted by Gasteiger charge is -2.14. The summed E-state index contributed by atoms with van der Waals surface area (Å²) < 4.78 is 11.6. The maximum Gasteiger partial charge on any atom is 0.343 e. The first-order valence-electron chi connectivity index (χ1n) is 15.4.